The van der Waals surface area contributed by atoms with Crippen molar-refractivity contribution < 1.29 is 18.4 Å². The van der Waals surface area contributed by atoms with E-state index in [0.717, 1.165) is 5.56 Å². The topological polar surface area (TPSA) is 123 Å². The third-order valence-electron chi connectivity index (χ3n) is 5.55. The second-order valence-corrected chi connectivity index (χ2v) is 9.94. The minimum Gasteiger partial charge on any atom is -0.593 e. The van der Waals surface area contributed by atoms with E-state index in [1.807, 2.05) is 0 Å². The minimum absolute atomic E-state index is 0.277. The van der Waals surface area contributed by atoms with E-state index < -0.39 is 22.7 Å². The minimum atomic E-state index is -1.67. The van der Waals surface area contributed by atoms with E-state index in [-0.39, 0.29) is 11.8 Å². The van der Waals surface area contributed by atoms with Crippen molar-refractivity contribution >= 4 is 28.9 Å². The molecule has 0 aliphatic rings. The third kappa shape index (κ3) is 6.52. The quantitative estimate of drug-likeness (QED) is 0.278. The normalized spacial score (nSPS) is 13.7. The Morgan fingerprint density at radius 3 is 2.51 bits per heavy atom. The van der Waals surface area contributed by atoms with Gasteiger partial charge in [0.05, 0.1) is 23.5 Å². The highest BCUT2D eigenvalue weighted by Crippen LogP contribution is 2.27. The first-order valence-electron chi connectivity index (χ1n) is 11.3. The summed E-state index contributed by atoms with van der Waals surface area (Å²) in [4.78, 5) is 12.9. The molecule has 10 nitrogen and oxygen atoms in total. The summed E-state index contributed by atoms with van der Waals surface area (Å²) < 4.78 is 42.2. The lowest BCUT2D eigenvalue weighted by Crippen LogP contribution is -2.33. The number of nitrogens with one attached hydrogen (secondary N) is 1. The standard InChI is InChI=1S/C24H25ClFN7O3S/c1-15(21(36-3)22-27-13-17(25)14-28-22)37(34)32-24-31-30-23(19-5-4-6-20(29-19)35-2)33(24)12-11-16-7-9-18(26)10-8-16/h4-10,13-15,21H,11-12H2,1-3H3,(H,31,32). The first-order chi connectivity index (χ1) is 17.9. The summed E-state index contributed by atoms with van der Waals surface area (Å²) in [5.41, 5.74) is 1.45. The summed E-state index contributed by atoms with van der Waals surface area (Å²) >= 11 is 4.22. The van der Waals surface area contributed by atoms with Gasteiger partial charge in [-0.25, -0.2) is 19.3 Å². The van der Waals surface area contributed by atoms with Gasteiger partial charge in [-0.3, -0.25) is 4.57 Å². The van der Waals surface area contributed by atoms with Gasteiger partial charge in [-0.15, -0.1) is 10.2 Å². The maximum atomic E-state index is 13.4. The summed E-state index contributed by atoms with van der Waals surface area (Å²) in [6.45, 7) is 2.16. The molecule has 1 aromatic carbocycles. The lowest BCUT2D eigenvalue weighted by molar-refractivity contribution is 0.0950. The third-order valence-corrected chi connectivity index (χ3v) is 7.06. The Kier molecular flexibility index (Phi) is 8.87. The van der Waals surface area contributed by atoms with Gasteiger partial charge in [0.1, 0.15) is 11.5 Å². The Labute approximate surface area is 221 Å². The van der Waals surface area contributed by atoms with Gasteiger partial charge in [0, 0.05) is 32.1 Å². The van der Waals surface area contributed by atoms with Crippen molar-refractivity contribution in [3.8, 4) is 17.4 Å². The number of aryl methyl sites for hydroxylation is 1. The van der Waals surface area contributed by atoms with Crippen molar-refractivity contribution in [2.45, 2.75) is 31.2 Å². The molecule has 0 fully saturated rings. The zero-order chi connectivity index (χ0) is 26.4. The second kappa shape index (κ2) is 12.3. The number of anilines is 1. The monoisotopic (exact) mass is 545 g/mol. The Balaban J connectivity index is 1.60. The summed E-state index contributed by atoms with van der Waals surface area (Å²) in [6, 6.07) is 11.5. The highest BCUT2D eigenvalue weighted by molar-refractivity contribution is 7.93. The van der Waals surface area contributed by atoms with Gasteiger partial charge in [-0.2, -0.15) is 4.72 Å². The molecule has 1 N–H and O–H groups in total. The molecule has 0 saturated heterocycles. The fourth-order valence-electron chi connectivity index (χ4n) is 3.60. The predicted octanol–water partition coefficient (Wildman–Crippen LogP) is 4.03. The van der Waals surface area contributed by atoms with Crippen LogP contribution in [0.2, 0.25) is 5.02 Å². The highest BCUT2D eigenvalue weighted by Gasteiger charge is 2.33. The van der Waals surface area contributed by atoms with E-state index in [1.165, 1.54) is 38.7 Å². The number of halogens is 2. The molecule has 0 saturated carbocycles. The molecule has 0 bridgehead atoms. The van der Waals surface area contributed by atoms with E-state index in [9.17, 15) is 8.94 Å². The number of hydrogen-bond donors (Lipinski definition) is 1. The van der Waals surface area contributed by atoms with Crippen LogP contribution < -0.4 is 9.46 Å². The molecule has 37 heavy (non-hydrogen) atoms. The Morgan fingerprint density at radius 2 is 1.84 bits per heavy atom. The van der Waals surface area contributed by atoms with Crippen LogP contribution in [0.15, 0.2) is 54.9 Å². The molecule has 4 rings (SSSR count). The largest absolute Gasteiger partial charge is 0.593 e. The van der Waals surface area contributed by atoms with Crippen LogP contribution in [-0.4, -0.2) is 53.7 Å². The molecule has 13 heteroatoms. The summed E-state index contributed by atoms with van der Waals surface area (Å²) in [6.07, 6.45) is 2.79. The zero-order valence-electron chi connectivity index (χ0n) is 20.3. The Morgan fingerprint density at radius 1 is 1.11 bits per heavy atom. The molecule has 0 amide bonds. The molecular weight excluding hydrogens is 521 g/mol. The van der Waals surface area contributed by atoms with Crippen molar-refractivity contribution in [1.82, 2.24) is 29.7 Å². The molecule has 0 spiro atoms. The molecule has 3 unspecified atom stereocenters. The summed E-state index contributed by atoms with van der Waals surface area (Å²) in [7, 11) is 3.02. The number of nitrogens with zero attached hydrogens (tertiary/aromatic N) is 6. The van der Waals surface area contributed by atoms with E-state index >= 15 is 0 Å². The van der Waals surface area contributed by atoms with Gasteiger partial charge in [0.15, 0.2) is 23.0 Å². The first-order valence-corrected chi connectivity index (χ1v) is 12.8. The molecule has 194 valence electrons. The number of hydrogen-bond acceptors (Lipinski definition) is 9. The van der Waals surface area contributed by atoms with E-state index in [2.05, 4.69) is 29.9 Å². The van der Waals surface area contributed by atoms with Gasteiger partial charge >= 0.3 is 0 Å². The van der Waals surface area contributed by atoms with Gasteiger partial charge in [-0.1, -0.05) is 29.8 Å². The zero-order valence-corrected chi connectivity index (χ0v) is 21.9. The van der Waals surface area contributed by atoms with Crippen LogP contribution >= 0.6 is 11.6 Å². The number of rotatable bonds is 11. The van der Waals surface area contributed by atoms with Crippen LogP contribution in [0.25, 0.3) is 11.5 Å². The van der Waals surface area contributed by atoms with Crippen molar-refractivity contribution in [2.24, 2.45) is 0 Å². The van der Waals surface area contributed by atoms with Crippen molar-refractivity contribution in [3.05, 3.63) is 77.1 Å². The molecule has 4 aromatic rings. The molecule has 0 aliphatic heterocycles. The first kappa shape index (κ1) is 26.7. The number of ether oxygens (including phenoxy) is 2. The van der Waals surface area contributed by atoms with Crippen molar-refractivity contribution in [1.29, 1.82) is 0 Å². The van der Waals surface area contributed by atoms with Crippen LogP contribution in [-0.2, 0) is 29.1 Å². The Bertz CT molecular complexity index is 1310. The van der Waals surface area contributed by atoms with Crippen molar-refractivity contribution in [3.63, 3.8) is 0 Å². The fraction of sp³-hybridized carbons (Fsp3) is 0.292. The summed E-state index contributed by atoms with van der Waals surface area (Å²) in [5.74, 6) is 1.20. The Hall–Kier alpha value is -3.32. The number of benzene rings is 1. The van der Waals surface area contributed by atoms with Crippen LogP contribution in [0.4, 0.5) is 10.3 Å². The highest BCUT2D eigenvalue weighted by atomic mass is 35.5. The van der Waals surface area contributed by atoms with Crippen LogP contribution in [0, 0.1) is 5.82 Å². The van der Waals surface area contributed by atoms with Gasteiger partial charge in [-0.05, 0) is 37.1 Å². The summed E-state index contributed by atoms with van der Waals surface area (Å²) in [5, 5.41) is 8.37. The molecule has 3 atom stereocenters. The molecule has 0 radical (unpaired) electrons. The molecular formula is C24H25ClFN7O3S. The predicted molar refractivity (Wildman–Crippen MR) is 138 cm³/mol. The average molecular weight is 546 g/mol. The average Bonchev–Trinajstić information content (AvgIpc) is 3.31. The van der Waals surface area contributed by atoms with Crippen LogP contribution in [0.3, 0.4) is 0 Å². The van der Waals surface area contributed by atoms with E-state index in [4.69, 9.17) is 21.1 Å². The lowest BCUT2D eigenvalue weighted by Gasteiger charge is -2.24. The maximum absolute atomic E-state index is 13.4. The maximum Gasteiger partial charge on any atom is 0.266 e. The van der Waals surface area contributed by atoms with Crippen molar-refractivity contribution in [2.75, 3.05) is 18.9 Å². The smallest absolute Gasteiger partial charge is 0.266 e. The number of aromatic nitrogens is 6. The number of methoxy groups -OCH3 is 2. The van der Waals surface area contributed by atoms with E-state index in [0.29, 0.717) is 41.2 Å². The van der Waals surface area contributed by atoms with Gasteiger partial charge in [0.25, 0.3) is 5.95 Å². The van der Waals surface area contributed by atoms with E-state index in [1.54, 1.807) is 41.8 Å². The number of pyridine rings is 1. The second-order valence-electron chi connectivity index (χ2n) is 7.96. The van der Waals surface area contributed by atoms with Crippen LogP contribution in [0.5, 0.6) is 5.88 Å². The molecule has 3 aromatic heterocycles. The SMILES string of the molecule is COc1cccc(-c2nnc(N[S+]([O-])C(C)C(OC)c3ncc(Cl)cn3)n2CCc2ccc(F)cc2)n1. The lowest BCUT2D eigenvalue weighted by atomic mass is 10.1. The van der Waals surface area contributed by atoms with Gasteiger partial charge < -0.3 is 14.0 Å². The molecule has 3 heterocycles. The fourth-order valence-corrected chi connectivity index (χ4v) is 4.67. The van der Waals surface area contributed by atoms with Gasteiger partial charge in [0.2, 0.25) is 5.88 Å². The van der Waals surface area contributed by atoms with Crippen LogP contribution in [0.1, 0.15) is 24.4 Å². The molecule has 0 aliphatic carbocycles.